The van der Waals surface area contributed by atoms with E-state index in [1.165, 1.54) is 6.07 Å². The standard InChI is InChI=1S/C25H26Cl2F3N3O2/c1-14-7-18(25(28,29)30)9-19-15(2)11-33(23(14)19)13-20-22(26)17(10-31-24(20)27)12-32-5-3-16(4-6-32)8-21(34)35/h7,9-11,16H,3-6,8,12-13H2,1-2H3,(H,34,35). The summed E-state index contributed by atoms with van der Waals surface area (Å²) in [7, 11) is 0. The normalized spacial score (nSPS) is 15.7. The first-order chi connectivity index (χ1) is 16.4. The third-order valence-electron chi connectivity index (χ3n) is 6.71. The van der Waals surface area contributed by atoms with Crippen LogP contribution >= 0.6 is 23.2 Å². The molecule has 1 aliphatic heterocycles. The van der Waals surface area contributed by atoms with Gasteiger partial charge in [-0.2, -0.15) is 13.2 Å². The van der Waals surface area contributed by atoms with Gasteiger partial charge in [0, 0.05) is 41.9 Å². The Morgan fingerprint density at radius 1 is 1.14 bits per heavy atom. The van der Waals surface area contributed by atoms with Crippen LogP contribution in [0.1, 0.15) is 47.1 Å². The average molecular weight is 528 g/mol. The number of fused-ring (bicyclic) bond motifs is 1. The molecule has 1 fully saturated rings. The van der Waals surface area contributed by atoms with Crippen LogP contribution in [0.3, 0.4) is 0 Å². The molecule has 2 aromatic heterocycles. The van der Waals surface area contributed by atoms with Crippen molar-refractivity contribution >= 4 is 40.1 Å². The van der Waals surface area contributed by atoms with E-state index in [2.05, 4.69) is 9.88 Å². The second kappa shape index (κ2) is 9.99. The number of likely N-dealkylation sites (tertiary alicyclic amines) is 1. The Kier molecular flexibility index (Phi) is 7.36. The van der Waals surface area contributed by atoms with Crippen molar-refractivity contribution in [2.75, 3.05) is 13.1 Å². The molecule has 1 aliphatic rings. The molecule has 4 rings (SSSR count). The van der Waals surface area contributed by atoms with Crippen LogP contribution in [-0.2, 0) is 24.1 Å². The van der Waals surface area contributed by atoms with Crippen molar-refractivity contribution in [2.45, 2.75) is 52.4 Å². The Bertz CT molecular complexity index is 1270. The molecule has 0 spiro atoms. The number of aliphatic carboxylic acids is 1. The van der Waals surface area contributed by atoms with E-state index in [0.29, 0.717) is 33.6 Å². The molecule has 5 nitrogen and oxygen atoms in total. The number of aryl methyl sites for hydroxylation is 2. The summed E-state index contributed by atoms with van der Waals surface area (Å²) in [5.74, 6) is -0.583. The second-order valence-electron chi connectivity index (χ2n) is 9.31. The SMILES string of the molecule is Cc1cn(Cc2c(Cl)ncc(CN3CCC(CC(=O)O)CC3)c2Cl)c2c(C)cc(C(F)(F)F)cc12. The van der Waals surface area contributed by atoms with Crippen LogP contribution in [0.5, 0.6) is 0 Å². The molecule has 0 amide bonds. The number of carboxylic acid groups (broad SMARTS) is 1. The molecule has 0 aliphatic carbocycles. The molecule has 0 saturated carbocycles. The Morgan fingerprint density at radius 2 is 1.83 bits per heavy atom. The van der Waals surface area contributed by atoms with Gasteiger partial charge in [0.05, 0.1) is 22.6 Å². The maximum atomic E-state index is 13.3. The van der Waals surface area contributed by atoms with Crippen molar-refractivity contribution in [3.8, 4) is 0 Å². The largest absolute Gasteiger partial charge is 0.481 e. The topological polar surface area (TPSA) is 58.4 Å². The van der Waals surface area contributed by atoms with Gasteiger partial charge < -0.3 is 9.67 Å². The van der Waals surface area contributed by atoms with Gasteiger partial charge in [0.25, 0.3) is 0 Å². The van der Waals surface area contributed by atoms with Crippen molar-refractivity contribution in [1.82, 2.24) is 14.5 Å². The van der Waals surface area contributed by atoms with Gasteiger partial charge in [-0.1, -0.05) is 23.2 Å². The smallest absolute Gasteiger partial charge is 0.416 e. The first-order valence-corrected chi connectivity index (χ1v) is 12.1. The predicted molar refractivity (Wildman–Crippen MR) is 130 cm³/mol. The molecule has 1 N–H and O–H groups in total. The Morgan fingerprint density at radius 3 is 2.46 bits per heavy atom. The van der Waals surface area contributed by atoms with Gasteiger partial charge in [-0.05, 0) is 69.0 Å². The Hall–Kier alpha value is -2.29. The van der Waals surface area contributed by atoms with E-state index in [0.717, 1.165) is 43.1 Å². The minimum atomic E-state index is -4.42. The summed E-state index contributed by atoms with van der Waals surface area (Å²) in [6.45, 7) is 5.83. The highest BCUT2D eigenvalue weighted by atomic mass is 35.5. The van der Waals surface area contributed by atoms with E-state index in [-0.39, 0.29) is 24.0 Å². The zero-order valence-corrected chi connectivity index (χ0v) is 20.9. The lowest BCUT2D eigenvalue weighted by atomic mass is 9.93. The average Bonchev–Trinajstić information content (AvgIpc) is 3.09. The van der Waals surface area contributed by atoms with Gasteiger partial charge in [0.1, 0.15) is 5.15 Å². The van der Waals surface area contributed by atoms with E-state index in [9.17, 15) is 18.0 Å². The quantitative estimate of drug-likeness (QED) is 0.361. The van der Waals surface area contributed by atoms with Gasteiger partial charge in [0.15, 0.2) is 0 Å². The summed E-state index contributed by atoms with van der Waals surface area (Å²) in [4.78, 5) is 17.5. The minimum absolute atomic E-state index is 0.185. The third-order valence-corrected chi connectivity index (χ3v) is 7.51. The molecular formula is C25H26Cl2F3N3O2. The predicted octanol–water partition coefficient (Wildman–Crippen LogP) is 6.71. The molecule has 0 bridgehead atoms. The van der Waals surface area contributed by atoms with Gasteiger partial charge in [-0.15, -0.1) is 0 Å². The molecule has 35 heavy (non-hydrogen) atoms. The van der Waals surface area contributed by atoms with Crippen molar-refractivity contribution in [1.29, 1.82) is 0 Å². The van der Waals surface area contributed by atoms with Crippen molar-refractivity contribution in [3.05, 3.63) is 62.5 Å². The van der Waals surface area contributed by atoms with Crippen LogP contribution in [0.4, 0.5) is 13.2 Å². The number of halogens is 5. The second-order valence-corrected chi connectivity index (χ2v) is 10.0. The number of hydrogen-bond donors (Lipinski definition) is 1. The number of piperidine rings is 1. The first kappa shape index (κ1) is 25.8. The van der Waals surface area contributed by atoms with Crippen LogP contribution in [0.25, 0.3) is 10.9 Å². The summed E-state index contributed by atoms with van der Waals surface area (Å²) in [6, 6.07) is 2.34. The van der Waals surface area contributed by atoms with E-state index in [1.807, 2.05) is 10.8 Å². The summed E-state index contributed by atoms with van der Waals surface area (Å²) < 4.78 is 41.8. The van der Waals surface area contributed by atoms with E-state index in [1.54, 1.807) is 20.0 Å². The molecule has 1 aromatic carbocycles. The number of alkyl halides is 3. The molecule has 3 heterocycles. The summed E-state index contributed by atoms with van der Waals surface area (Å²) in [6.07, 6.45) is 0.856. The molecule has 3 aromatic rings. The van der Waals surface area contributed by atoms with Gasteiger partial charge >= 0.3 is 12.1 Å². The number of rotatable bonds is 6. The fourth-order valence-electron chi connectivity index (χ4n) is 4.92. The minimum Gasteiger partial charge on any atom is -0.481 e. The molecule has 0 unspecified atom stereocenters. The Labute approximate surface area is 211 Å². The number of carbonyl (C=O) groups is 1. The molecule has 10 heteroatoms. The maximum Gasteiger partial charge on any atom is 0.416 e. The highest BCUT2D eigenvalue weighted by Gasteiger charge is 2.32. The Balaban J connectivity index is 1.59. The number of hydrogen-bond acceptors (Lipinski definition) is 3. The lowest BCUT2D eigenvalue weighted by molar-refractivity contribution is -0.139. The summed E-state index contributed by atoms with van der Waals surface area (Å²) in [5.41, 5.74) is 2.71. The van der Waals surface area contributed by atoms with E-state index < -0.39 is 17.7 Å². The van der Waals surface area contributed by atoms with E-state index >= 15 is 0 Å². The van der Waals surface area contributed by atoms with Crippen LogP contribution in [0, 0.1) is 19.8 Å². The lowest BCUT2D eigenvalue weighted by Gasteiger charge is -2.31. The van der Waals surface area contributed by atoms with Crippen molar-refractivity contribution < 1.29 is 23.1 Å². The van der Waals surface area contributed by atoms with Gasteiger partial charge in [-0.3, -0.25) is 9.69 Å². The maximum absolute atomic E-state index is 13.3. The number of pyridine rings is 1. The molecule has 0 atom stereocenters. The van der Waals surface area contributed by atoms with Crippen molar-refractivity contribution in [3.63, 3.8) is 0 Å². The molecule has 1 saturated heterocycles. The van der Waals surface area contributed by atoms with Gasteiger partial charge in [-0.25, -0.2) is 4.98 Å². The monoisotopic (exact) mass is 527 g/mol. The van der Waals surface area contributed by atoms with E-state index in [4.69, 9.17) is 28.3 Å². The number of benzene rings is 1. The van der Waals surface area contributed by atoms with Crippen LogP contribution in [0.15, 0.2) is 24.5 Å². The number of nitrogens with zero attached hydrogens (tertiary/aromatic N) is 3. The summed E-state index contributed by atoms with van der Waals surface area (Å²) >= 11 is 13.2. The number of aromatic nitrogens is 2. The van der Waals surface area contributed by atoms with Crippen molar-refractivity contribution in [2.24, 2.45) is 5.92 Å². The first-order valence-electron chi connectivity index (χ1n) is 11.4. The van der Waals surface area contributed by atoms with Gasteiger partial charge in [0.2, 0.25) is 0 Å². The molecule has 0 radical (unpaired) electrons. The third kappa shape index (κ3) is 5.60. The highest BCUT2D eigenvalue weighted by Crippen LogP contribution is 2.36. The molecule has 188 valence electrons. The molecular weight excluding hydrogens is 502 g/mol. The highest BCUT2D eigenvalue weighted by molar-refractivity contribution is 6.35. The van der Waals surface area contributed by atoms with Crippen LogP contribution in [-0.4, -0.2) is 38.6 Å². The fraction of sp³-hybridized carbons (Fsp3) is 0.440. The summed E-state index contributed by atoms with van der Waals surface area (Å²) in [5, 5.41) is 10.3. The fourth-order valence-corrected chi connectivity index (χ4v) is 5.43. The zero-order chi connectivity index (χ0) is 25.5. The van der Waals surface area contributed by atoms with Crippen LogP contribution in [0.2, 0.25) is 10.2 Å². The lowest BCUT2D eigenvalue weighted by Crippen LogP contribution is -2.34. The zero-order valence-electron chi connectivity index (χ0n) is 19.4. The van der Waals surface area contributed by atoms with Crippen LogP contribution < -0.4 is 0 Å². The number of carboxylic acids is 1.